The van der Waals surface area contributed by atoms with Crippen LogP contribution in [0, 0.1) is 0 Å². The molecule has 0 radical (unpaired) electrons. The highest BCUT2D eigenvalue weighted by Crippen LogP contribution is 2.13. The maximum Gasteiger partial charge on any atom is 0.362 e. The average molecular weight is 879 g/mol. The van der Waals surface area contributed by atoms with E-state index in [9.17, 15) is 19.5 Å². The molecule has 0 aromatic carbocycles. The molecular weight excluding hydrogens is 787 g/mol. The molecule has 2 atom stereocenters. The van der Waals surface area contributed by atoms with Crippen LogP contribution >= 0.6 is 0 Å². The molecule has 0 saturated carbocycles. The zero-order valence-corrected chi connectivity index (χ0v) is 40.7. The molecule has 0 fully saturated rings. The number of carbonyl (C=O) groups is 3. The smallest absolute Gasteiger partial charge is 0.362 e. The van der Waals surface area contributed by atoms with Gasteiger partial charge in [0.25, 0.3) is 0 Å². The second-order valence-electron chi connectivity index (χ2n) is 17.4. The minimum Gasteiger partial charge on any atom is -0.477 e. The minimum absolute atomic E-state index is 0.0360. The highest BCUT2D eigenvalue weighted by atomic mass is 16.6. The average Bonchev–Trinajstić information content (AvgIpc) is 3.24. The first-order valence-corrected chi connectivity index (χ1v) is 24.8. The summed E-state index contributed by atoms with van der Waals surface area (Å²) in [5.41, 5.74) is 0. The van der Waals surface area contributed by atoms with Gasteiger partial charge in [0.1, 0.15) is 6.61 Å². The molecule has 8 nitrogen and oxygen atoms in total. The first kappa shape index (κ1) is 59.2. The SMILES string of the molecule is CC/C=C/C/C=C/C/C=C/C/C=C/C/C=C/C/C=C/CCCCCCC(=O)OC(COCCC(C(=O)O)[N+](C)(C)C)COC(=O)CCCCC/C=C/C=C/CCCCCCCCC. The molecule has 0 aromatic heterocycles. The first-order valence-electron chi connectivity index (χ1n) is 24.8. The Balaban J connectivity index is 4.40. The topological polar surface area (TPSA) is 99.1 Å². The number of likely N-dealkylation sites (N-methyl/N-ethyl adjacent to an activating group) is 1. The van der Waals surface area contributed by atoms with E-state index >= 15 is 0 Å². The summed E-state index contributed by atoms with van der Waals surface area (Å²) in [6.45, 7) is 4.55. The second kappa shape index (κ2) is 44.8. The van der Waals surface area contributed by atoms with Crippen LogP contribution in [0.5, 0.6) is 0 Å². The monoisotopic (exact) mass is 879 g/mol. The lowest BCUT2D eigenvalue weighted by Crippen LogP contribution is -2.50. The van der Waals surface area contributed by atoms with Crippen LogP contribution in [0.1, 0.15) is 181 Å². The van der Waals surface area contributed by atoms with Crippen LogP contribution < -0.4 is 0 Å². The lowest BCUT2D eigenvalue weighted by molar-refractivity contribution is -0.887. The van der Waals surface area contributed by atoms with E-state index in [4.69, 9.17) is 14.2 Å². The molecule has 0 rings (SSSR count). The molecule has 8 heteroatoms. The zero-order chi connectivity index (χ0) is 46.3. The van der Waals surface area contributed by atoms with E-state index in [2.05, 4.69) is 111 Å². The summed E-state index contributed by atoms with van der Waals surface area (Å²) >= 11 is 0. The standard InChI is InChI=1S/C55H91NO7/c1-6-8-10-12-14-16-18-20-22-24-25-26-27-28-29-30-32-34-36-38-40-42-44-46-54(58)63-51(49-61-48-47-52(55(59)60)56(3,4)5)50-62-53(57)45-43-41-39-37-35-33-31-23-21-19-17-15-13-11-9-7-2/h8,10,14,16,20,22-23,25-26,28-29,31-35,51-52H,6-7,9,11-13,15,17-19,21,24,27,30,36-50H2,1-5H3/p+1/b10-8+,16-14+,22-20+,26-25+,29-28+,31-23+,34-32+,35-33+. The first-order chi connectivity index (χ1) is 30.6. The number of hydrogen-bond donors (Lipinski definition) is 1. The summed E-state index contributed by atoms with van der Waals surface area (Å²) in [4.78, 5) is 37.1. The van der Waals surface area contributed by atoms with E-state index in [0.717, 1.165) is 103 Å². The molecule has 0 bridgehead atoms. The van der Waals surface area contributed by atoms with Crippen molar-refractivity contribution in [2.75, 3.05) is 41.0 Å². The maximum absolute atomic E-state index is 12.8. The number of hydrogen-bond acceptors (Lipinski definition) is 6. The third-order valence-corrected chi connectivity index (χ3v) is 10.5. The van der Waals surface area contributed by atoms with Gasteiger partial charge in [-0.1, -0.05) is 169 Å². The second-order valence-corrected chi connectivity index (χ2v) is 17.4. The summed E-state index contributed by atoms with van der Waals surface area (Å²) in [5.74, 6) is -1.54. The van der Waals surface area contributed by atoms with Crippen LogP contribution in [-0.4, -0.2) is 80.6 Å². The summed E-state index contributed by atoms with van der Waals surface area (Å²) in [6, 6.07) is -0.630. The summed E-state index contributed by atoms with van der Waals surface area (Å²) in [7, 11) is 5.50. The minimum atomic E-state index is -0.887. The van der Waals surface area contributed by atoms with Gasteiger partial charge in [0.15, 0.2) is 12.1 Å². The van der Waals surface area contributed by atoms with Gasteiger partial charge in [-0.25, -0.2) is 4.79 Å². The van der Waals surface area contributed by atoms with E-state index in [1.165, 1.54) is 44.9 Å². The van der Waals surface area contributed by atoms with Crippen molar-refractivity contribution < 1.29 is 38.2 Å². The van der Waals surface area contributed by atoms with Crippen molar-refractivity contribution in [2.24, 2.45) is 0 Å². The number of carboxylic acids is 1. The number of rotatable bonds is 43. The van der Waals surface area contributed by atoms with Crippen molar-refractivity contribution in [3.8, 4) is 0 Å². The highest BCUT2D eigenvalue weighted by Gasteiger charge is 2.31. The van der Waals surface area contributed by atoms with Gasteiger partial charge in [0.05, 0.1) is 34.4 Å². The number of carboxylic acid groups (broad SMARTS) is 1. The summed E-state index contributed by atoms with van der Waals surface area (Å²) < 4.78 is 17.3. The van der Waals surface area contributed by atoms with Gasteiger partial charge in [-0.2, -0.15) is 0 Å². The van der Waals surface area contributed by atoms with E-state index < -0.39 is 18.1 Å². The van der Waals surface area contributed by atoms with Crippen molar-refractivity contribution in [3.63, 3.8) is 0 Å². The fourth-order valence-electron chi connectivity index (χ4n) is 6.67. The largest absolute Gasteiger partial charge is 0.477 e. The molecule has 358 valence electrons. The fraction of sp³-hybridized carbons (Fsp3) is 0.655. The van der Waals surface area contributed by atoms with Gasteiger partial charge in [0.2, 0.25) is 0 Å². The molecular formula is C55H92NO7+. The zero-order valence-electron chi connectivity index (χ0n) is 40.7. The molecule has 0 amide bonds. The predicted molar refractivity (Wildman–Crippen MR) is 266 cm³/mol. The van der Waals surface area contributed by atoms with Crippen LogP contribution in [0.3, 0.4) is 0 Å². The molecule has 63 heavy (non-hydrogen) atoms. The Hall–Kier alpha value is -3.75. The fourth-order valence-corrected chi connectivity index (χ4v) is 6.67. The third kappa shape index (κ3) is 43.3. The maximum atomic E-state index is 12.8. The van der Waals surface area contributed by atoms with Crippen molar-refractivity contribution in [2.45, 2.75) is 193 Å². The normalized spacial score (nSPS) is 13.7. The summed E-state index contributed by atoms with van der Waals surface area (Å²) in [5, 5.41) is 9.64. The number of quaternary nitrogens is 1. The number of unbranched alkanes of at least 4 members (excludes halogenated alkanes) is 14. The van der Waals surface area contributed by atoms with E-state index in [1.807, 2.05) is 21.1 Å². The van der Waals surface area contributed by atoms with Crippen LogP contribution in [-0.2, 0) is 28.6 Å². The van der Waals surface area contributed by atoms with Gasteiger partial charge in [0, 0.05) is 19.3 Å². The van der Waals surface area contributed by atoms with Gasteiger partial charge < -0.3 is 23.8 Å². The number of esters is 2. The van der Waals surface area contributed by atoms with Crippen LogP contribution in [0.2, 0.25) is 0 Å². The van der Waals surface area contributed by atoms with Crippen molar-refractivity contribution in [3.05, 3.63) is 97.2 Å². The van der Waals surface area contributed by atoms with E-state index in [1.54, 1.807) is 0 Å². The van der Waals surface area contributed by atoms with Gasteiger partial charge in [-0.15, -0.1) is 0 Å². The lowest BCUT2D eigenvalue weighted by Gasteiger charge is -2.31. The van der Waals surface area contributed by atoms with Crippen LogP contribution in [0.4, 0.5) is 0 Å². The number of ether oxygens (including phenoxy) is 3. The van der Waals surface area contributed by atoms with Crippen molar-refractivity contribution in [1.82, 2.24) is 0 Å². The highest BCUT2D eigenvalue weighted by molar-refractivity contribution is 5.72. The molecule has 0 spiro atoms. The molecule has 0 heterocycles. The number of nitrogens with zero attached hydrogens (tertiary/aromatic N) is 1. The molecule has 0 saturated heterocycles. The Morgan fingerprint density at radius 1 is 0.508 bits per heavy atom. The number of aliphatic carboxylic acids is 1. The predicted octanol–water partition coefficient (Wildman–Crippen LogP) is 14.2. The van der Waals surface area contributed by atoms with Gasteiger partial charge in [-0.3, -0.25) is 9.59 Å². The van der Waals surface area contributed by atoms with Crippen LogP contribution in [0.25, 0.3) is 0 Å². The quantitative estimate of drug-likeness (QED) is 0.0214. The number of allylic oxidation sites excluding steroid dienone is 16. The Bertz CT molecular complexity index is 1350. The molecule has 0 aliphatic carbocycles. The molecule has 2 unspecified atom stereocenters. The van der Waals surface area contributed by atoms with Gasteiger partial charge in [-0.05, 0) is 89.9 Å². The lowest BCUT2D eigenvalue weighted by atomic mass is 10.1. The summed E-state index contributed by atoms with van der Waals surface area (Å²) in [6.07, 6.45) is 60.3. The van der Waals surface area contributed by atoms with E-state index in [-0.39, 0.29) is 42.7 Å². The molecule has 0 aliphatic rings. The molecule has 0 aliphatic heterocycles. The number of carbonyl (C=O) groups excluding carboxylic acids is 2. The molecule has 0 aromatic rings. The Labute approximate surface area is 386 Å². The van der Waals surface area contributed by atoms with Crippen molar-refractivity contribution >= 4 is 17.9 Å². The Morgan fingerprint density at radius 3 is 1.43 bits per heavy atom. The Morgan fingerprint density at radius 2 is 0.937 bits per heavy atom. The van der Waals surface area contributed by atoms with Crippen LogP contribution in [0.15, 0.2) is 97.2 Å². The van der Waals surface area contributed by atoms with Gasteiger partial charge >= 0.3 is 17.9 Å². The molecule has 1 N–H and O–H groups in total. The Kier molecular flexibility index (Phi) is 42.2. The van der Waals surface area contributed by atoms with Crippen molar-refractivity contribution in [1.29, 1.82) is 0 Å². The third-order valence-electron chi connectivity index (χ3n) is 10.5. The van der Waals surface area contributed by atoms with E-state index in [0.29, 0.717) is 12.8 Å².